The van der Waals surface area contributed by atoms with Gasteiger partial charge in [0.1, 0.15) is 11.2 Å². The van der Waals surface area contributed by atoms with Gasteiger partial charge in [0.15, 0.2) is 0 Å². The molecule has 2 aromatic carbocycles. The first-order valence-corrected chi connectivity index (χ1v) is 7.54. The van der Waals surface area contributed by atoms with Crippen molar-refractivity contribution in [1.29, 1.82) is 0 Å². The Morgan fingerprint density at radius 1 is 0.654 bits per heavy atom. The predicted octanol–water partition coefficient (Wildman–Crippen LogP) is 4.58. The Morgan fingerprint density at radius 2 is 1.04 bits per heavy atom. The average Bonchev–Trinajstić information content (AvgIpc) is 3.30. The van der Waals surface area contributed by atoms with Crippen molar-refractivity contribution in [2.45, 2.75) is 0 Å². The summed E-state index contributed by atoms with van der Waals surface area (Å²) in [5, 5.41) is 18.0. The summed E-state index contributed by atoms with van der Waals surface area (Å²) in [5.74, 6) is -2.51. The number of carboxylic acids is 2. The van der Waals surface area contributed by atoms with Gasteiger partial charge in [-0.05, 0) is 24.3 Å². The monoisotopic (exact) mass is 352 g/mol. The van der Waals surface area contributed by atoms with Crippen molar-refractivity contribution >= 4 is 33.9 Å². The molecule has 0 radical (unpaired) electrons. The molecule has 0 unspecified atom stereocenters. The molecule has 0 aliphatic carbocycles. The molecule has 0 aliphatic rings. The van der Waals surface area contributed by atoms with Gasteiger partial charge in [-0.15, -0.1) is 0 Å². The van der Waals surface area contributed by atoms with Gasteiger partial charge in [-0.2, -0.15) is 0 Å². The number of carbonyl (C=O) groups is 2. The molecule has 132 valence electrons. The smallest absolute Gasteiger partial charge is 0.328 e. The molecule has 0 saturated heterocycles. The molecule has 0 atom stereocenters. The molecule has 26 heavy (non-hydrogen) atoms. The third-order valence-corrected chi connectivity index (χ3v) is 3.09. The standard InChI is InChI=1S/2C8H6O.C4H4O4/c2*1-2-4-8-7(3-1)5-6-9-8;5-3(6)1-2-4(7)8/h2*1-6H;1-2H,(H,5,6)(H,7,8)/b;;2-1+. The molecule has 0 saturated carbocycles. The van der Waals surface area contributed by atoms with E-state index in [9.17, 15) is 9.59 Å². The molecule has 0 spiro atoms. The van der Waals surface area contributed by atoms with Crippen LogP contribution >= 0.6 is 0 Å². The van der Waals surface area contributed by atoms with Gasteiger partial charge < -0.3 is 19.0 Å². The SMILES string of the molecule is O=C(O)/C=C/C(=O)O.c1ccc2occc2c1.c1ccc2occc2c1. The Labute approximate surface area is 148 Å². The lowest BCUT2D eigenvalue weighted by Gasteiger charge is -1.81. The van der Waals surface area contributed by atoms with E-state index in [-0.39, 0.29) is 0 Å². The Morgan fingerprint density at radius 3 is 1.38 bits per heavy atom. The molecule has 2 heterocycles. The van der Waals surface area contributed by atoms with E-state index in [4.69, 9.17) is 19.0 Å². The van der Waals surface area contributed by atoms with Crippen molar-refractivity contribution in [3.8, 4) is 0 Å². The minimum Gasteiger partial charge on any atom is -0.478 e. The summed E-state index contributed by atoms with van der Waals surface area (Å²) in [6, 6.07) is 19.8. The zero-order valence-electron chi connectivity index (χ0n) is 13.6. The number of fused-ring (bicyclic) bond motifs is 2. The van der Waals surface area contributed by atoms with E-state index in [1.807, 2.05) is 60.7 Å². The van der Waals surface area contributed by atoms with E-state index in [1.54, 1.807) is 12.5 Å². The molecule has 0 bridgehead atoms. The van der Waals surface area contributed by atoms with Crippen LogP contribution in [0.25, 0.3) is 21.9 Å². The summed E-state index contributed by atoms with van der Waals surface area (Å²) < 4.78 is 10.2. The van der Waals surface area contributed by atoms with Crippen LogP contribution in [0.3, 0.4) is 0 Å². The van der Waals surface area contributed by atoms with Crippen molar-refractivity contribution in [2.75, 3.05) is 0 Å². The predicted molar refractivity (Wildman–Crippen MR) is 96.8 cm³/mol. The first-order chi connectivity index (χ1) is 12.6. The Bertz CT molecular complexity index is 867. The maximum Gasteiger partial charge on any atom is 0.328 e. The third-order valence-electron chi connectivity index (χ3n) is 3.09. The molecule has 6 heteroatoms. The highest BCUT2D eigenvalue weighted by molar-refractivity contribution is 5.89. The van der Waals surface area contributed by atoms with Crippen molar-refractivity contribution < 1.29 is 28.6 Å². The molecule has 4 aromatic rings. The van der Waals surface area contributed by atoms with Gasteiger partial charge in [-0.3, -0.25) is 0 Å². The number of carboxylic acid groups (broad SMARTS) is 2. The van der Waals surface area contributed by atoms with Gasteiger partial charge in [0.05, 0.1) is 12.5 Å². The van der Waals surface area contributed by atoms with E-state index >= 15 is 0 Å². The van der Waals surface area contributed by atoms with Gasteiger partial charge in [-0.25, -0.2) is 9.59 Å². The average molecular weight is 352 g/mol. The van der Waals surface area contributed by atoms with Crippen LogP contribution in [-0.2, 0) is 9.59 Å². The normalized spacial score (nSPS) is 10.0. The Kier molecular flexibility index (Phi) is 6.76. The maximum absolute atomic E-state index is 9.55. The molecule has 0 aliphatic heterocycles. The lowest BCUT2D eigenvalue weighted by atomic mass is 10.3. The second-order valence-electron chi connectivity index (χ2n) is 4.93. The number of rotatable bonds is 2. The van der Waals surface area contributed by atoms with Gasteiger partial charge in [0.2, 0.25) is 0 Å². The molecule has 6 nitrogen and oxygen atoms in total. The second kappa shape index (κ2) is 9.48. The molecule has 0 amide bonds. The zero-order valence-corrected chi connectivity index (χ0v) is 13.6. The fourth-order valence-corrected chi connectivity index (χ4v) is 1.95. The van der Waals surface area contributed by atoms with Gasteiger partial charge in [0, 0.05) is 22.9 Å². The summed E-state index contributed by atoms with van der Waals surface area (Å²) >= 11 is 0. The highest BCUT2D eigenvalue weighted by atomic mass is 16.4. The largest absolute Gasteiger partial charge is 0.478 e. The quantitative estimate of drug-likeness (QED) is 0.512. The number of hydrogen-bond acceptors (Lipinski definition) is 4. The first kappa shape index (κ1) is 18.5. The Hall–Kier alpha value is -3.80. The highest BCUT2D eigenvalue weighted by Crippen LogP contribution is 2.13. The van der Waals surface area contributed by atoms with Crippen molar-refractivity contribution in [2.24, 2.45) is 0 Å². The van der Waals surface area contributed by atoms with Crippen molar-refractivity contribution in [3.05, 3.63) is 85.3 Å². The van der Waals surface area contributed by atoms with Crippen LogP contribution in [0.1, 0.15) is 0 Å². The fourth-order valence-electron chi connectivity index (χ4n) is 1.95. The summed E-state index contributed by atoms with van der Waals surface area (Å²) in [4.78, 5) is 19.1. The van der Waals surface area contributed by atoms with Crippen LogP contribution in [0.4, 0.5) is 0 Å². The minimum absolute atomic E-state index is 0.558. The molecular formula is C20H16O6. The number of para-hydroxylation sites is 2. The highest BCUT2D eigenvalue weighted by Gasteiger charge is 1.90. The van der Waals surface area contributed by atoms with Crippen LogP contribution < -0.4 is 0 Å². The van der Waals surface area contributed by atoms with Gasteiger partial charge >= 0.3 is 11.9 Å². The molecule has 2 aromatic heterocycles. The summed E-state index contributed by atoms with van der Waals surface area (Å²) in [5.41, 5.74) is 1.91. The van der Waals surface area contributed by atoms with Crippen LogP contribution in [0, 0.1) is 0 Å². The van der Waals surface area contributed by atoms with Crippen molar-refractivity contribution in [3.63, 3.8) is 0 Å². The maximum atomic E-state index is 9.55. The molecule has 4 rings (SSSR count). The number of furan rings is 2. The van der Waals surface area contributed by atoms with Crippen LogP contribution in [-0.4, -0.2) is 22.2 Å². The zero-order chi connectivity index (χ0) is 18.8. The van der Waals surface area contributed by atoms with Crippen LogP contribution in [0.5, 0.6) is 0 Å². The third kappa shape index (κ3) is 6.01. The molecule has 0 fully saturated rings. The number of aliphatic carboxylic acids is 2. The van der Waals surface area contributed by atoms with E-state index in [0.717, 1.165) is 21.9 Å². The van der Waals surface area contributed by atoms with Crippen LogP contribution in [0.15, 0.2) is 94.2 Å². The molecular weight excluding hydrogens is 336 g/mol. The van der Waals surface area contributed by atoms with Gasteiger partial charge in [0.25, 0.3) is 0 Å². The molecule has 2 N–H and O–H groups in total. The van der Waals surface area contributed by atoms with Gasteiger partial charge in [-0.1, -0.05) is 36.4 Å². The number of hydrogen-bond donors (Lipinski definition) is 2. The summed E-state index contributed by atoms with van der Waals surface area (Å²) in [6.07, 6.45) is 4.51. The second-order valence-corrected chi connectivity index (χ2v) is 4.93. The van der Waals surface area contributed by atoms with E-state index in [2.05, 4.69) is 0 Å². The van der Waals surface area contributed by atoms with E-state index in [1.165, 1.54) is 0 Å². The summed E-state index contributed by atoms with van der Waals surface area (Å²) in [6.45, 7) is 0. The Balaban J connectivity index is 0.000000141. The first-order valence-electron chi connectivity index (χ1n) is 7.54. The minimum atomic E-state index is -1.26. The van der Waals surface area contributed by atoms with E-state index < -0.39 is 11.9 Å². The summed E-state index contributed by atoms with van der Waals surface area (Å²) in [7, 11) is 0. The lowest BCUT2D eigenvalue weighted by Crippen LogP contribution is -1.91. The van der Waals surface area contributed by atoms with E-state index in [0.29, 0.717) is 12.2 Å². The number of benzene rings is 2. The fraction of sp³-hybridized carbons (Fsp3) is 0. The topological polar surface area (TPSA) is 101 Å². The van der Waals surface area contributed by atoms with Crippen molar-refractivity contribution in [1.82, 2.24) is 0 Å². The van der Waals surface area contributed by atoms with Crippen LogP contribution in [0.2, 0.25) is 0 Å². The lowest BCUT2D eigenvalue weighted by molar-refractivity contribution is -0.134.